The minimum Gasteiger partial charge on any atom is -0.493 e. The Morgan fingerprint density at radius 1 is 1.02 bits per heavy atom. The Morgan fingerprint density at radius 2 is 1.67 bits per heavy atom. The first-order chi connectivity index (χ1) is 20.3. The van der Waals surface area contributed by atoms with E-state index in [1.54, 1.807) is 48.1 Å². The highest BCUT2D eigenvalue weighted by atomic mass is 35.5. The molecule has 1 amide bonds. The molecule has 2 atom stereocenters. The van der Waals surface area contributed by atoms with Crippen molar-refractivity contribution in [3.05, 3.63) is 87.9 Å². The summed E-state index contributed by atoms with van der Waals surface area (Å²) in [6.45, 7) is 6.26. The van der Waals surface area contributed by atoms with Crippen LogP contribution in [0.1, 0.15) is 55.5 Å². The van der Waals surface area contributed by atoms with Gasteiger partial charge in [0.1, 0.15) is 0 Å². The summed E-state index contributed by atoms with van der Waals surface area (Å²) in [5, 5.41) is 12.0. The molecule has 230 valence electrons. The molecule has 1 fully saturated rings. The van der Waals surface area contributed by atoms with Gasteiger partial charge in [-0.1, -0.05) is 35.9 Å². The third kappa shape index (κ3) is 6.64. The van der Waals surface area contributed by atoms with E-state index in [0.717, 1.165) is 16.7 Å². The van der Waals surface area contributed by atoms with Crippen LogP contribution in [0.25, 0.3) is 0 Å². The van der Waals surface area contributed by atoms with Crippen molar-refractivity contribution < 1.29 is 32.5 Å². The van der Waals surface area contributed by atoms with Crippen molar-refractivity contribution in [2.75, 3.05) is 31.6 Å². The summed E-state index contributed by atoms with van der Waals surface area (Å²) in [5.41, 5.74) is 2.67. The van der Waals surface area contributed by atoms with Gasteiger partial charge in [0.05, 0.1) is 37.7 Å². The Bertz CT molecular complexity index is 1450. The molecular formula is C33H36ClF3N2O4. The van der Waals surface area contributed by atoms with Crippen LogP contribution in [0.3, 0.4) is 0 Å². The Labute approximate surface area is 255 Å². The van der Waals surface area contributed by atoms with E-state index >= 15 is 0 Å². The van der Waals surface area contributed by atoms with Crippen LogP contribution in [-0.2, 0) is 16.8 Å². The van der Waals surface area contributed by atoms with Crippen LogP contribution in [0.2, 0.25) is 5.02 Å². The van der Waals surface area contributed by atoms with E-state index in [2.05, 4.69) is 0 Å². The Kier molecular flexibility index (Phi) is 8.71. The lowest BCUT2D eigenvalue weighted by atomic mass is 9.78. The zero-order valence-corrected chi connectivity index (χ0v) is 25.4. The standard InChI is InChI=1S/C33H36ClF3N2O4/c1-20(2)43-29-17-27-22(15-28(29)42-4)16-30(40)39(31(27)21-5-9-25(34)10-6-21)26-11-7-23(8-12-26)32(3,41)24-18-38(19-24)14-13-33(35,36)37/h5-12,15,17,20,24,31,41H,13-14,16,18-19H2,1-4H3. The molecule has 2 heterocycles. The van der Waals surface area contributed by atoms with Gasteiger partial charge in [0.2, 0.25) is 5.91 Å². The minimum absolute atomic E-state index is 0.0740. The summed E-state index contributed by atoms with van der Waals surface area (Å²) in [5.74, 6) is 0.834. The molecule has 2 unspecified atom stereocenters. The van der Waals surface area contributed by atoms with E-state index in [-0.39, 0.29) is 30.9 Å². The number of aliphatic hydroxyl groups is 1. The van der Waals surface area contributed by atoms with E-state index in [9.17, 15) is 23.1 Å². The van der Waals surface area contributed by atoms with E-state index < -0.39 is 24.2 Å². The van der Waals surface area contributed by atoms with E-state index in [4.69, 9.17) is 21.1 Å². The van der Waals surface area contributed by atoms with Gasteiger partial charge in [-0.3, -0.25) is 4.79 Å². The average molecular weight is 617 g/mol. The molecule has 0 aromatic heterocycles. The summed E-state index contributed by atoms with van der Waals surface area (Å²) in [4.78, 5) is 17.2. The molecule has 1 N–H and O–H groups in total. The normalized spacial score (nSPS) is 19.2. The SMILES string of the molecule is COc1cc2c(cc1OC(C)C)C(c1ccc(Cl)cc1)N(c1ccc(C(C)(O)C3CN(CCC(F)(F)F)C3)cc1)C(=O)C2. The van der Waals surface area contributed by atoms with Gasteiger partial charge in [-0.2, -0.15) is 13.2 Å². The van der Waals surface area contributed by atoms with Crippen molar-refractivity contribution in [3.8, 4) is 11.5 Å². The molecule has 6 nitrogen and oxygen atoms in total. The average Bonchev–Trinajstić information content (AvgIpc) is 2.91. The van der Waals surface area contributed by atoms with Crippen LogP contribution >= 0.6 is 11.6 Å². The number of carbonyl (C=O) groups excluding carboxylic acids is 1. The quantitative estimate of drug-likeness (QED) is 0.283. The molecule has 1 saturated heterocycles. The monoisotopic (exact) mass is 616 g/mol. The number of anilines is 1. The number of amides is 1. The van der Waals surface area contributed by atoms with Gasteiger partial charge in [-0.15, -0.1) is 0 Å². The van der Waals surface area contributed by atoms with Crippen LogP contribution in [0.15, 0.2) is 60.7 Å². The maximum atomic E-state index is 13.8. The molecule has 0 aliphatic carbocycles. The highest BCUT2D eigenvalue weighted by Gasteiger charge is 2.43. The van der Waals surface area contributed by atoms with Gasteiger partial charge < -0.3 is 24.4 Å². The second-order valence-corrected chi connectivity index (χ2v) is 12.2. The van der Waals surface area contributed by atoms with Gasteiger partial charge in [0.15, 0.2) is 11.5 Å². The van der Waals surface area contributed by atoms with Gasteiger partial charge in [-0.05, 0) is 79.4 Å². The third-order valence-electron chi connectivity index (χ3n) is 8.33. The van der Waals surface area contributed by atoms with Crippen molar-refractivity contribution in [3.63, 3.8) is 0 Å². The smallest absolute Gasteiger partial charge is 0.390 e. The summed E-state index contributed by atoms with van der Waals surface area (Å²) in [7, 11) is 1.57. The number of alkyl halides is 3. The van der Waals surface area contributed by atoms with Gasteiger partial charge in [0, 0.05) is 36.3 Å². The molecule has 0 radical (unpaired) electrons. The molecule has 3 aromatic rings. The van der Waals surface area contributed by atoms with E-state index in [0.29, 0.717) is 40.9 Å². The zero-order valence-electron chi connectivity index (χ0n) is 24.6. The maximum Gasteiger partial charge on any atom is 0.390 e. The molecular weight excluding hydrogens is 581 g/mol. The molecule has 2 aliphatic rings. The van der Waals surface area contributed by atoms with Crippen LogP contribution in [0, 0.1) is 5.92 Å². The maximum absolute atomic E-state index is 13.8. The minimum atomic E-state index is -4.20. The predicted octanol–water partition coefficient (Wildman–Crippen LogP) is 6.91. The molecule has 5 rings (SSSR count). The summed E-state index contributed by atoms with van der Waals surface area (Å²) < 4.78 is 49.5. The number of methoxy groups -OCH3 is 1. The number of rotatable bonds is 9. The number of nitrogens with zero attached hydrogens (tertiary/aromatic N) is 2. The topological polar surface area (TPSA) is 62.2 Å². The molecule has 2 aliphatic heterocycles. The lowest BCUT2D eigenvalue weighted by molar-refractivity contribution is -0.147. The Hall–Kier alpha value is -3.27. The zero-order chi connectivity index (χ0) is 31.1. The highest BCUT2D eigenvalue weighted by molar-refractivity contribution is 6.30. The van der Waals surface area contributed by atoms with Crippen molar-refractivity contribution in [1.29, 1.82) is 0 Å². The van der Waals surface area contributed by atoms with Crippen LogP contribution in [0.5, 0.6) is 11.5 Å². The highest BCUT2D eigenvalue weighted by Crippen LogP contribution is 2.44. The van der Waals surface area contributed by atoms with Crippen molar-refractivity contribution in [1.82, 2.24) is 4.90 Å². The molecule has 3 aromatic carbocycles. The van der Waals surface area contributed by atoms with Gasteiger partial charge in [-0.25, -0.2) is 0 Å². The first-order valence-electron chi connectivity index (χ1n) is 14.3. The number of benzene rings is 3. The van der Waals surface area contributed by atoms with Gasteiger partial charge >= 0.3 is 6.18 Å². The van der Waals surface area contributed by atoms with E-state index in [1.807, 2.05) is 50.2 Å². The van der Waals surface area contributed by atoms with Crippen LogP contribution in [0.4, 0.5) is 18.9 Å². The first kappa shape index (κ1) is 31.2. The van der Waals surface area contributed by atoms with Crippen LogP contribution in [-0.4, -0.2) is 54.9 Å². The number of hydrogen-bond acceptors (Lipinski definition) is 5. The molecule has 0 saturated carbocycles. The fourth-order valence-corrected chi connectivity index (χ4v) is 6.04. The summed E-state index contributed by atoms with van der Waals surface area (Å²) in [6, 6.07) is 17.9. The molecule has 43 heavy (non-hydrogen) atoms. The van der Waals surface area contributed by atoms with Crippen molar-refractivity contribution in [2.45, 2.75) is 57.5 Å². The first-order valence-corrected chi connectivity index (χ1v) is 14.7. The lowest BCUT2D eigenvalue weighted by Gasteiger charge is -2.47. The van der Waals surface area contributed by atoms with Crippen molar-refractivity contribution in [2.24, 2.45) is 5.92 Å². The molecule has 0 spiro atoms. The lowest BCUT2D eigenvalue weighted by Crippen LogP contribution is -2.55. The van der Waals surface area contributed by atoms with Crippen LogP contribution < -0.4 is 14.4 Å². The number of fused-ring (bicyclic) bond motifs is 1. The van der Waals surface area contributed by atoms with E-state index in [1.165, 1.54) is 0 Å². The van der Waals surface area contributed by atoms with Gasteiger partial charge in [0.25, 0.3) is 0 Å². The molecule has 0 bridgehead atoms. The second-order valence-electron chi connectivity index (χ2n) is 11.8. The Morgan fingerprint density at radius 3 is 2.26 bits per heavy atom. The number of hydrogen-bond donors (Lipinski definition) is 1. The third-order valence-corrected chi connectivity index (χ3v) is 8.58. The second kappa shape index (κ2) is 12.0. The fraction of sp³-hybridized carbons (Fsp3) is 0.424. The number of carbonyl (C=O) groups is 1. The Balaban J connectivity index is 1.46. The fourth-order valence-electron chi connectivity index (χ4n) is 5.92. The van der Waals surface area contributed by atoms with Crippen molar-refractivity contribution >= 4 is 23.2 Å². The number of likely N-dealkylation sites (tertiary alicyclic amines) is 1. The summed E-state index contributed by atoms with van der Waals surface area (Å²) >= 11 is 6.21. The number of halogens is 4. The number of ether oxygens (including phenoxy) is 2. The summed E-state index contributed by atoms with van der Waals surface area (Å²) in [6.07, 6.45) is -4.99. The largest absolute Gasteiger partial charge is 0.493 e. The predicted molar refractivity (Wildman–Crippen MR) is 160 cm³/mol. The molecule has 10 heteroatoms.